The normalized spacial score (nSPS) is 11.7. The molecule has 0 saturated heterocycles. The Balaban J connectivity index is 5.11. The van der Waals surface area contributed by atoms with Gasteiger partial charge in [0, 0.05) is 11.9 Å². The summed E-state index contributed by atoms with van der Waals surface area (Å²) in [6, 6.07) is 0. The molecule has 0 unspecified atom stereocenters. The van der Waals surface area contributed by atoms with Gasteiger partial charge in [0.1, 0.15) is 0 Å². The van der Waals surface area contributed by atoms with Crippen LogP contribution < -0.4 is 0 Å². The van der Waals surface area contributed by atoms with Crippen LogP contribution in [0.2, 0.25) is 0 Å². The summed E-state index contributed by atoms with van der Waals surface area (Å²) in [5.41, 5.74) is 0. The molecule has 0 bridgehead atoms. The van der Waals surface area contributed by atoms with Gasteiger partial charge in [-0.25, -0.2) is 14.5 Å². The zero-order chi connectivity index (χ0) is 16.7. The van der Waals surface area contributed by atoms with Crippen molar-refractivity contribution in [2.45, 2.75) is 45.3 Å². The van der Waals surface area contributed by atoms with Gasteiger partial charge in [-0.15, -0.1) is 15.8 Å². The van der Waals surface area contributed by atoms with Gasteiger partial charge in [-0.05, 0) is 54.4 Å². The molecular weight excluding hydrogens is 308 g/mol. The highest BCUT2D eigenvalue weighted by Gasteiger charge is 2.31. The number of hydrogen-bond donors (Lipinski definition) is 0. The molecule has 5 nitrogen and oxygen atoms in total. The summed E-state index contributed by atoms with van der Waals surface area (Å²) < 4.78 is 10.4. The summed E-state index contributed by atoms with van der Waals surface area (Å²) in [6.45, 7) is 16.1. The second kappa shape index (κ2) is 9.58. The zero-order valence-electron chi connectivity index (χ0n) is 14.4. The van der Waals surface area contributed by atoms with Crippen LogP contribution in [-0.4, -0.2) is 67.9 Å². The van der Waals surface area contributed by atoms with Crippen molar-refractivity contribution in [2.75, 3.05) is 33.2 Å². The Labute approximate surface area is 131 Å². The Morgan fingerprint density at radius 3 is 1.43 bits per heavy atom. The highest BCUT2D eigenvalue weighted by molar-refractivity contribution is 7.74. The van der Waals surface area contributed by atoms with E-state index in [1.54, 1.807) is 27.7 Å². The molecule has 0 rings (SSSR count). The minimum atomic E-state index is -0.616. The van der Waals surface area contributed by atoms with Crippen molar-refractivity contribution in [1.29, 1.82) is 0 Å². The van der Waals surface area contributed by atoms with Crippen molar-refractivity contribution >= 4 is 28.0 Å². The van der Waals surface area contributed by atoms with Crippen LogP contribution in [-0.2, 0) is 9.47 Å². The monoisotopic (exact) mass is 337 g/mol. The lowest BCUT2D eigenvalue weighted by Gasteiger charge is -2.31. The molecule has 0 aliphatic heterocycles. The third-order valence-corrected chi connectivity index (χ3v) is 8.13. The molecule has 7 heteroatoms. The third kappa shape index (κ3) is 7.97. The van der Waals surface area contributed by atoms with E-state index in [1.807, 2.05) is 0 Å². The van der Waals surface area contributed by atoms with Gasteiger partial charge in [0.2, 0.25) is 0 Å². The van der Waals surface area contributed by atoms with Crippen LogP contribution in [0.15, 0.2) is 0 Å². The van der Waals surface area contributed by atoms with Crippen molar-refractivity contribution in [3.05, 3.63) is 0 Å². The van der Waals surface area contributed by atoms with Gasteiger partial charge in [0.15, 0.2) is 0 Å². The second-order valence-corrected chi connectivity index (χ2v) is 11.4. The predicted octanol–water partition coefficient (Wildman–Crippen LogP) is 4.19. The molecule has 0 fully saturated rings. The van der Waals surface area contributed by atoms with Crippen LogP contribution in [0.3, 0.4) is 0 Å². The minimum absolute atomic E-state index is 0.254. The molecule has 0 spiro atoms. The minimum Gasteiger partial charge on any atom is -0.446 e. The first-order chi connectivity index (χ1) is 9.56. The number of carbonyl (C=O) groups is 2. The maximum Gasteiger partial charge on any atom is 0.419 e. The van der Waals surface area contributed by atoms with Crippen LogP contribution in [0, 0.1) is 0 Å². The van der Waals surface area contributed by atoms with Crippen LogP contribution in [0.25, 0.3) is 0 Å². The average Bonchev–Trinajstić information content (AvgIpc) is 2.25. The first-order valence-corrected chi connectivity index (χ1v) is 11.7. The van der Waals surface area contributed by atoms with Gasteiger partial charge in [0.05, 0.1) is 12.2 Å². The molecule has 124 valence electrons. The Hall–Kier alpha value is -0.400. The van der Waals surface area contributed by atoms with Gasteiger partial charge in [0.25, 0.3) is 0 Å². The topological polar surface area (TPSA) is 55.8 Å². The molecule has 0 N–H and O–H groups in total. The fraction of sp³-hybridized carbons (Fsp3) is 0.857. The van der Waals surface area contributed by atoms with E-state index in [-0.39, 0.29) is 28.1 Å². The second-order valence-electron chi connectivity index (χ2n) is 5.88. The smallest absolute Gasteiger partial charge is 0.419 e. The lowest BCUT2D eigenvalue weighted by molar-refractivity contribution is 0.0522. The number of imide groups is 1. The SMILES string of the molecule is CC(C)OC(=O)N(CC(P(C)C)P(C)C)C(=O)OC(C)C. The van der Waals surface area contributed by atoms with Crippen molar-refractivity contribution in [2.24, 2.45) is 0 Å². The fourth-order valence-corrected chi connectivity index (χ4v) is 6.38. The maximum absolute atomic E-state index is 12.2. The molecule has 0 aliphatic carbocycles. The van der Waals surface area contributed by atoms with Gasteiger partial charge in [-0.3, -0.25) is 0 Å². The molecule has 0 aromatic rings. The first-order valence-electron chi connectivity index (χ1n) is 7.07. The van der Waals surface area contributed by atoms with Crippen LogP contribution in [0.4, 0.5) is 9.59 Å². The van der Waals surface area contributed by atoms with E-state index in [0.717, 1.165) is 4.90 Å². The average molecular weight is 337 g/mol. The number of nitrogens with zero attached hydrogens (tertiary/aromatic N) is 1. The number of ether oxygens (including phenoxy) is 2. The summed E-state index contributed by atoms with van der Waals surface area (Å²) in [5.74, 6) is 0. The Morgan fingerprint density at radius 1 is 0.857 bits per heavy atom. The van der Waals surface area contributed by atoms with E-state index in [2.05, 4.69) is 26.7 Å². The molecule has 21 heavy (non-hydrogen) atoms. The number of amides is 2. The largest absolute Gasteiger partial charge is 0.446 e. The molecule has 0 atom stereocenters. The zero-order valence-corrected chi connectivity index (χ0v) is 16.2. The highest BCUT2D eigenvalue weighted by atomic mass is 31.2. The fourth-order valence-electron chi connectivity index (χ4n) is 1.71. The van der Waals surface area contributed by atoms with Gasteiger partial charge >= 0.3 is 12.2 Å². The molecule has 2 amide bonds. The molecule has 0 aliphatic rings. The third-order valence-electron chi connectivity index (χ3n) is 2.65. The van der Waals surface area contributed by atoms with Crippen LogP contribution in [0.5, 0.6) is 0 Å². The Morgan fingerprint density at radius 2 is 1.19 bits per heavy atom. The van der Waals surface area contributed by atoms with Gasteiger partial charge in [-0.1, -0.05) is 0 Å². The molecular formula is C14H29NO4P2. The lowest BCUT2D eigenvalue weighted by Crippen LogP contribution is -2.43. The van der Waals surface area contributed by atoms with E-state index in [0.29, 0.717) is 11.9 Å². The van der Waals surface area contributed by atoms with Gasteiger partial charge in [-0.2, -0.15) is 0 Å². The van der Waals surface area contributed by atoms with E-state index < -0.39 is 12.2 Å². The predicted molar refractivity (Wildman–Crippen MR) is 91.3 cm³/mol. The Kier molecular flexibility index (Phi) is 9.40. The van der Waals surface area contributed by atoms with Crippen molar-refractivity contribution in [1.82, 2.24) is 4.90 Å². The number of rotatable bonds is 6. The summed E-state index contributed by atoms with van der Waals surface area (Å²) >= 11 is 0. The van der Waals surface area contributed by atoms with E-state index in [1.165, 1.54) is 0 Å². The van der Waals surface area contributed by atoms with Crippen molar-refractivity contribution in [3.8, 4) is 0 Å². The highest BCUT2D eigenvalue weighted by Crippen LogP contribution is 2.50. The summed E-state index contributed by atoms with van der Waals surface area (Å²) in [6.07, 6.45) is -1.76. The summed E-state index contributed by atoms with van der Waals surface area (Å²) in [7, 11) is -0.509. The molecule has 0 aromatic heterocycles. The van der Waals surface area contributed by atoms with Crippen LogP contribution >= 0.6 is 15.8 Å². The lowest BCUT2D eigenvalue weighted by atomic mass is 10.5. The first kappa shape index (κ1) is 20.6. The Bertz CT molecular complexity index is 316. The van der Waals surface area contributed by atoms with Crippen molar-refractivity contribution < 1.29 is 19.1 Å². The molecule has 0 aromatic carbocycles. The quantitative estimate of drug-likeness (QED) is 0.682. The van der Waals surface area contributed by atoms with E-state index in [4.69, 9.17) is 9.47 Å². The number of hydrogen-bond acceptors (Lipinski definition) is 4. The molecule has 0 saturated carbocycles. The maximum atomic E-state index is 12.2. The van der Waals surface area contributed by atoms with Crippen LogP contribution in [0.1, 0.15) is 27.7 Å². The number of carbonyl (C=O) groups excluding carboxylic acids is 2. The summed E-state index contributed by atoms with van der Waals surface area (Å²) in [4.78, 5) is 25.5. The van der Waals surface area contributed by atoms with E-state index >= 15 is 0 Å². The molecule has 0 heterocycles. The van der Waals surface area contributed by atoms with Crippen molar-refractivity contribution in [3.63, 3.8) is 0 Å². The van der Waals surface area contributed by atoms with E-state index in [9.17, 15) is 9.59 Å². The standard InChI is InChI=1S/C14H29NO4P2/c1-10(2)18-13(16)15(14(17)19-11(3)4)9-12(20(5)6)21(7)8/h10-12H,9H2,1-8H3. The summed E-state index contributed by atoms with van der Waals surface area (Å²) in [5, 5.41) is 0.328. The molecule has 0 radical (unpaired) electrons. The van der Waals surface area contributed by atoms with Gasteiger partial charge < -0.3 is 9.47 Å².